The van der Waals surface area contributed by atoms with E-state index in [0.717, 1.165) is 0 Å². The van der Waals surface area contributed by atoms with Crippen LogP contribution < -0.4 is 9.47 Å². The fraction of sp³-hybridized carbons (Fsp3) is 0.500. The number of ether oxygens (including phenoxy) is 3. The number of ketones is 1. The number of hydrogen-bond donors (Lipinski definition) is 0. The van der Waals surface area contributed by atoms with Crippen LogP contribution in [-0.2, 0) is 9.53 Å². The maximum absolute atomic E-state index is 12.5. The third-order valence-corrected chi connectivity index (χ3v) is 3.78. The van der Waals surface area contributed by atoms with Gasteiger partial charge in [-0.25, -0.2) is 0 Å². The highest BCUT2D eigenvalue weighted by Gasteiger charge is 2.30. The summed E-state index contributed by atoms with van der Waals surface area (Å²) in [4.78, 5) is 12.5. The van der Waals surface area contributed by atoms with E-state index in [4.69, 9.17) is 14.2 Å². The molecule has 1 saturated heterocycles. The molecule has 5 heteroatoms. The van der Waals surface area contributed by atoms with Crippen molar-refractivity contribution in [2.75, 3.05) is 27.4 Å². The molecular weight excluding hydrogens is 270 g/mol. The Morgan fingerprint density at radius 1 is 1.29 bits per heavy atom. The van der Waals surface area contributed by atoms with Gasteiger partial charge in [-0.05, 0) is 30.5 Å². The predicted octanol–water partition coefficient (Wildman–Crippen LogP) is 2.31. The van der Waals surface area contributed by atoms with Gasteiger partial charge in [0.1, 0.15) is 5.92 Å². The van der Waals surface area contributed by atoms with E-state index in [2.05, 4.69) is 6.07 Å². The van der Waals surface area contributed by atoms with Crippen molar-refractivity contribution in [3.05, 3.63) is 23.8 Å². The average Bonchev–Trinajstić information content (AvgIpc) is 2.56. The Morgan fingerprint density at radius 3 is 2.52 bits per heavy atom. The minimum atomic E-state index is -0.770. The summed E-state index contributed by atoms with van der Waals surface area (Å²) >= 11 is 0. The summed E-state index contributed by atoms with van der Waals surface area (Å²) in [5.41, 5.74) is 0.645. The number of nitriles is 1. The van der Waals surface area contributed by atoms with Crippen LogP contribution in [0.3, 0.4) is 0 Å². The normalized spacial score (nSPS) is 16.8. The minimum Gasteiger partial charge on any atom is -0.493 e. The molecule has 0 saturated carbocycles. The first-order valence-electron chi connectivity index (χ1n) is 6.94. The Hall–Kier alpha value is -2.06. The van der Waals surface area contributed by atoms with Gasteiger partial charge in [0.05, 0.1) is 20.3 Å². The van der Waals surface area contributed by atoms with E-state index in [1.54, 1.807) is 25.3 Å². The fourth-order valence-corrected chi connectivity index (χ4v) is 2.55. The van der Waals surface area contributed by atoms with Crippen LogP contribution in [0.1, 0.15) is 24.3 Å². The first-order chi connectivity index (χ1) is 10.2. The SMILES string of the molecule is COc1ccc(C(C#N)C(=O)C2CCOCC2)cc1OC. The zero-order chi connectivity index (χ0) is 15.2. The standard InChI is InChI=1S/C16H19NO4/c1-19-14-4-3-12(9-15(14)20-2)13(10-17)16(18)11-5-7-21-8-6-11/h3-4,9,11,13H,5-8H2,1-2H3. The van der Waals surface area contributed by atoms with Crippen molar-refractivity contribution in [3.8, 4) is 17.6 Å². The summed E-state index contributed by atoms with van der Waals surface area (Å²) in [7, 11) is 3.08. The van der Waals surface area contributed by atoms with Crippen LogP contribution in [0.15, 0.2) is 18.2 Å². The summed E-state index contributed by atoms with van der Waals surface area (Å²) < 4.78 is 15.7. The Kier molecular flexibility index (Phi) is 5.18. The molecule has 2 rings (SSSR count). The van der Waals surface area contributed by atoms with Crippen LogP contribution in [0, 0.1) is 17.2 Å². The number of carbonyl (C=O) groups excluding carboxylic acids is 1. The lowest BCUT2D eigenvalue weighted by atomic mass is 9.84. The summed E-state index contributed by atoms with van der Waals surface area (Å²) in [6, 6.07) is 7.28. The van der Waals surface area contributed by atoms with Gasteiger partial charge in [0.2, 0.25) is 0 Å². The van der Waals surface area contributed by atoms with E-state index in [1.807, 2.05) is 0 Å². The predicted molar refractivity (Wildman–Crippen MR) is 76.5 cm³/mol. The quantitative estimate of drug-likeness (QED) is 0.832. The highest BCUT2D eigenvalue weighted by atomic mass is 16.5. The monoisotopic (exact) mass is 289 g/mol. The molecule has 1 aromatic rings. The molecule has 1 aromatic carbocycles. The molecule has 0 N–H and O–H groups in total. The Morgan fingerprint density at radius 2 is 1.95 bits per heavy atom. The third kappa shape index (κ3) is 3.34. The van der Waals surface area contributed by atoms with Crippen LogP contribution in [0.4, 0.5) is 0 Å². The number of carbonyl (C=O) groups is 1. The number of nitrogens with zero attached hydrogens (tertiary/aromatic N) is 1. The van der Waals surface area contributed by atoms with Gasteiger partial charge >= 0.3 is 0 Å². The molecule has 21 heavy (non-hydrogen) atoms. The van der Waals surface area contributed by atoms with Gasteiger partial charge < -0.3 is 14.2 Å². The number of rotatable bonds is 5. The van der Waals surface area contributed by atoms with Gasteiger partial charge in [-0.2, -0.15) is 5.26 Å². The van der Waals surface area contributed by atoms with Crippen molar-refractivity contribution < 1.29 is 19.0 Å². The van der Waals surface area contributed by atoms with E-state index in [9.17, 15) is 10.1 Å². The second kappa shape index (κ2) is 7.09. The molecular formula is C16H19NO4. The summed E-state index contributed by atoms with van der Waals surface area (Å²) in [5, 5.41) is 9.40. The molecule has 1 aliphatic rings. The van der Waals surface area contributed by atoms with Crippen molar-refractivity contribution in [3.63, 3.8) is 0 Å². The highest BCUT2D eigenvalue weighted by Crippen LogP contribution is 2.32. The Labute approximate surface area is 124 Å². The molecule has 0 spiro atoms. The lowest BCUT2D eigenvalue weighted by Crippen LogP contribution is -2.27. The lowest BCUT2D eigenvalue weighted by molar-refractivity contribution is -0.126. The van der Waals surface area contributed by atoms with Gasteiger partial charge in [0.15, 0.2) is 17.3 Å². The van der Waals surface area contributed by atoms with Crippen molar-refractivity contribution in [1.29, 1.82) is 5.26 Å². The van der Waals surface area contributed by atoms with E-state index >= 15 is 0 Å². The smallest absolute Gasteiger partial charge is 0.161 e. The van der Waals surface area contributed by atoms with Gasteiger partial charge in [0, 0.05) is 19.1 Å². The van der Waals surface area contributed by atoms with E-state index < -0.39 is 5.92 Å². The molecule has 1 aliphatic heterocycles. The van der Waals surface area contributed by atoms with Crippen LogP contribution in [0.5, 0.6) is 11.5 Å². The molecule has 1 unspecified atom stereocenters. The average molecular weight is 289 g/mol. The molecule has 112 valence electrons. The highest BCUT2D eigenvalue weighted by molar-refractivity contribution is 5.90. The topological polar surface area (TPSA) is 68.5 Å². The van der Waals surface area contributed by atoms with Crippen molar-refractivity contribution in [2.45, 2.75) is 18.8 Å². The van der Waals surface area contributed by atoms with Crippen LogP contribution in [-0.4, -0.2) is 33.2 Å². The van der Waals surface area contributed by atoms with Gasteiger partial charge in [0.25, 0.3) is 0 Å². The van der Waals surface area contributed by atoms with Crippen LogP contribution >= 0.6 is 0 Å². The summed E-state index contributed by atoms with van der Waals surface area (Å²) in [6.07, 6.45) is 1.37. The van der Waals surface area contributed by atoms with E-state index in [1.165, 1.54) is 7.11 Å². The molecule has 0 radical (unpaired) electrons. The third-order valence-electron chi connectivity index (χ3n) is 3.78. The van der Waals surface area contributed by atoms with Crippen molar-refractivity contribution >= 4 is 5.78 Å². The maximum atomic E-state index is 12.5. The number of hydrogen-bond acceptors (Lipinski definition) is 5. The van der Waals surface area contributed by atoms with Crippen LogP contribution in [0.25, 0.3) is 0 Å². The maximum Gasteiger partial charge on any atom is 0.161 e. The van der Waals surface area contributed by atoms with Gasteiger partial charge in [-0.1, -0.05) is 6.07 Å². The largest absolute Gasteiger partial charge is 0.493 e. The van der Waals surface area contributed by atoms with E-state index in [-0.39, 0.29) is 11.7 Å². The minimum absolute atomic E-state index is 0.0342. The summed E-state index contributed by atoms with van der Waals surface area (Å²) in [6.45, 7) is 1.17. The molecule has 1 fully saturated rings. The number of benzene rings is 1. The fourth-order valence-electron chi connectivity index (χ4n) is 2.55. The van der Waals surface area contributed by atoms with Gasteiger partial charge in [-0.3, -0.25) is 4.79 Å². The van der Waals surface area contributed by atoms with Crippen molar-refractivity contribution in [2.24, 2.45) is 5.92 Å². The van der Waals surface area contributed by atoms with Gasteiger partial charge in [-0.15, -0.1) is 0 Å². The van der Waals surface area contributed by atoms with Crippen molar-refractivity contribution in [1.82, 2.24) is 0 Å². The second-order valence-corrected chi connectivity index (χ2v) is 4.97. The first kappa shape index (κ1) is 15.3. The van der Waals surface area contributed by atoms with E-state index in [0.29, 0.717) is 43.1 Å². The lowest BCUT2D eigenvalue weighted by Gasteiger charge is -2.23. The molecule has 1 atom stereocenters. The Balaban J connectivity index is 2.24. The zero-order valence-electron chi connectivity index (χ0n) is 12.3. The second-order valence-electron chi connectivity index (χ2n) is 4.97. The van der Waals surface area contributed by atoms with Crippen LogP contribution in [0.2, 0.25) is 0 Å². The molecule has 0 bridgehead atoms. The molecule has 0 aliphatic carbocycles. The number of Topliss-reactive ketones (excluding diaryl/α,β-unsaturated/α-hetero) is 1. The molecule has 0 amide bonds. The Bertz CT molecular complexity index is 544. The molecule has 1 heterocycles. The molecule has 5 nitrogen and oxygen atoms in total. The number of methoxy groups -OCH3 is 2. The zero-order valence-corrected chi connectivity index (χ0v) is 12.3. The molecule has 0 aromatic heterocycles. The first-order valence-corrected chi connectivity index (χ1v) is 6.94. The summed E-state index contributed by atoms with van der Waals surface area (Å²) in [5.74, 6) is 0.198.